The number of benzene rings is 1. The van der Waals surface area contributed by atoms with Gasteiger partial charge in [0.05, 0.1) is 0 Å². The van der Waals surface area contributed by atoms with E-state index in [2.05, 4.69) is 15.6 Å². The van der Waals surface area contributed by atoms with Crippen LogP contribution in [0.1, 0.15) is 41.0 Å². The Hall–Kier alpha value is -2.69. The van der Waals surface area contributed by atoms with E-state index in [1.54, 1.807) is 48.8 Å². The fourth-order valence-corrected chi connectivity index (χ4v) is 1.82. The Balaban J connectivity index is 2.00. The van der Waals surface area contributed by atoms with Crippen molar-refractivity contribution in [3.8, 4) is 0 Å². The average molecular weight is 297 g/mol. The standard InChI is InChI=1S/C17H19N3O2/c1-3-12(2)19-16(21)13-4-6-15(7-5-13)20-17(22)14-8-10-18-11-9-14/h4-12H,3H2,1-2H3,(H,19,21)(H,20,22)/t12-/m1/s1. The number of rotatable bonds is 5. The van der Waals surface area contributed by atoms with Crippen LogP contribution < -0.4 is 10.6 Å². The number of nitrogens with one attached hydrogen (secondary N) is 2. The lowest BCUT2D eigenvalue weighted by Crippen LogP contribution is -2.31. The number of pyridine rings is 1. The average Bonchev–Trinajstić information content (AvgIpc) is 2.56. The summed E-state index contributed by atoms with van der Waals surface area (Å²) >= 11 is 0. The lowest BCUT2D eigenvalue weighted by molar-refractivity contribution is 0.0938. The molecule has 0 fully saturated rings. The molecule has 2 rings (SSSR count). The van der Waals surface area contributed by atoms with Crippen molar-refractivity contribution < 1.29 is 9.59 Å². The summed E-state index contributed by atoms with van der Waals surface area (Å²) in [5.74, 6) is -0.319. The highest BCUT2D eigenvalue weighted by Crippen LogP contribution is 2.11. The third kappa shape index (κ3) is 4.15. The van der Waals surface area contributed by atoms with Crippen LogP contribution in [0.3, 0.4) is 0 Å². The number of amides is 2. The lowest BCUT2D eigenvalue weighted by Gasteiger charge is -2.11. The van der Waals surface area contributed by atoms with Gasteiger partial charge in [-0.25, -0.2) is 0 Å². The van der Waals surface area contributed by atoms with Crippen molar-refractivity contribution >= 4 is 17.5 Å². The summed E-state index contributed by atoms with van der Waals surface area (Å²) < 4.78 is 0. The second kappa shape index (κ2) is 7.36. The summed E-state index contributed by atoms with van der Waals surface area (Å²) in [6, 6.07) is 10.2. The van der Waals surface area contributed by atoms with E-state index in [-0.39, 0.29) is 17.9 Å². The van der Waals surface area contributed by atoms with E-state index in [1.165, 1.54) is 0 Å². The number of carbonyl (C=O) groups is 2. The molecular weight excluding hydrogens is 278 g/mol. The van der Waals surface area contributed by atoms with Crippen LogP contribution in [0.5, 0.6) is 0 Å². The van der Waals surface area contributed by atoms with Crippen molar-refractivity contribution in [2.24, 2.45) is 0 Å². The summed E-state index contributed by atoms with van der Waals surface area (Å²) in [5, 5.41) is 5.68. The molecule has 0 saturated heterocycles. The zero-order chi connectivity index (χ0) is 15.9. The Morgan fingerprint density at radius 3 is 2.18 bits per heavy atom. The molecule has 22 heavy (non-hydrogen) atoms. The maximum absolute atomic E-state index is 12.0. The third-order valence-electron chi connectivity index (χ3n) is 3.34. The molecule has 2 amide bonds. The Morgan fingerprint density at radius 1 is 1.00 bits per heavy atom. The van der Waals surface area contributed by atoms with Crippen LogP contribution in [0.4, 0.5) is 5.69 Å². The van der Waals surface area contributed by atoms with Crippen molar-refractivity contribution in [3.05, 3.63) is 59.9 Å². The van der Waals surface area contributed by atoms with Gasteiger partial charge in [-0.1, -0.05) is 6.92 Å². The van der Waals surface area contributed by atoms with E-state index in [1.807, 2.05) is 13.8 Å². The van der Waals surface area contributed by atoms with Crippen molar-refractivity contribution in [1.29, 1.82) is 0 Å². The van der Waals surface area contributed by atoms with Gasteiger partial charge in [0, 0.05) is 35.2 Å². The van der Waals surface area contributed by atoms with E-state index in [4.69, 9.17) is 0 Å². The SMILES string of the molecule is CC[C@@H](C)NC(=O)c1ccc(NC(=O)c2ccncc2)cc1. The van der Waals surface area contributed by atoms with E-state index in [0.29, 0.717) is 16.8 Å². The van der Waals surface area contributed by atoms with Crippen LogP contribution in [-0.4, -0.2) is 22.8 Å². The van der Waals surface area contributed by atoms with Crippen LogP contribution in [0.2, 0.25) is 0 Å². The fraction of sp³-hybridized carbons (Fsp3) is 0.235. The minimum atomic E-state index is -0.209. The molecule has 114 valence electrons. The summed E-state index contributed by atoms with van der Waals surface area (Å²) in [7, 11) is 0. The molecule has 0 bridgehead atoms. The molecule has 1 atom stereocenters. The molecule has 5 heteroatoms. The number of hydrogen-bond donors (Lipinski definition) is 2. The molecule has 0 radical (unpaired) electrons. The molecule has 0 saturated carbocycles. The highest BCUT2D eigenvalue weighted by molar-refractivity contribution is 6.04. The number of hydrogen-bond acceptors (Lipinski definition) is 3. The molecule has 0 aliphatic carbocycles. The summed E-state index contributed by atoms with van der Waals surface area (Å²) in [6.45, 7) is 3.98. The first-order valence-corrected chi connectivity index (χ1v) is 7.22. The molecule has 1 heterocycles. The lowest BCUT2D eigenvalue weighted by atomic mass is 10.1. The predicted octanol–water partition coefficient (Wildman–Crippen LogP) is 2.86. The van der Waals surface area contributed by atoms with Crippen LogP contribution >= 0.6 is 0 Å². The minimum absolute atomic E-state index is 0.110. The molecule has 1 aromatic heterocycles. The second-order valence-electron chi connectivity index (χ2n) is 5.05. The van der Waals surface area contributed by atoms with Crippen molar-refractivity contribution in [1.82, 2.24) is 10.3 Å². The van der Waals surface area contributed by atoms with Gasteiger partial charge in [-0.3, -0.25) is 14.6 Å². The van der Waals surface area contributed by atoms with E-state index in [0.717, 1.165) is 6.42 Å². The normalized spacial score (nSPS) is 11.5. The maximum atomic E-state index is 12.0. The Kier molecular flexibility index (Phi) is 5.25. The number of anilines is 1. The summed E-state index contributed by atoms with van der Waals surface area (Å²) in [5.41, 5.74) is 1.75. The second-order valence-corrected chi connectivity index (χ2v) is 5.05. The van der Waals surface area contributed by atoms with Crippen LogP contribution in [0.15, 0.2) is 48.8 Å². The zero-order valence-electron chi connectivity index (χ0n) is 12.7. The van der Waals surface area contributed by atoms with Crippen LogP contribution in [-0.2, 0) is 0 Å². The molecule has 0 unspecified atom stereocenters. The number of carbonyl (C=O) groups excluding carboxylic acids is 2. The van der Waals surface area contributed by atoms with Gasteiger partial charge in [0.1, 0.15) is 0 Å². The fourth-order valence-electron chi connectivity index (χ4n) is 1.82. The number of nitrogens with zero attached hydrogens (tertiary/aromatic N) is 1. The van der Waals surface area contributed by atoms with E-state index in [9.17, 15) is 9.59 Å². The molecule has 2 aromatic rings. The topological polar surface area (TPSA) is 71.1 Å². The smallest absolute Gasteiger partial charge is 0.255 e. The molecule has 0 aliphatic heterocycles. The molecule has 0 aliphatic rings. The Morgan fingerprint density at radius 2 is 1.59 bits per heavy atom. The Bertz CT molecular complexity index is 639. The quantitative estimate of drug-likeness (QED) is 0.891. The van der Waals surface area contributed by atoms with Crippen molar-refractivity contribution in [2.45, 2.75) is 26.3 Å². The van der Waals surface area contributed by atoms with E-state index >= 15 is 0 Å². The van der Waals surface area contributed by atoms with Gasteiger partial charge in [-0.2, -0.15) is 0 Å². The third-order valence-corrected chi connectivity index (χ3v) is 3.34. The molecule has 2 N–H and O–H groups in total. The summed E-state index contributed by atoms with van der Waals surface area (Å²) in [6.07, 6.45) is 4.01. The largest absolute Gasteiger partial charge is 0.350 e. The van der Waals surface area contributed by atoms with Gasteiger partial charge in [-0.05, 0) is 49.7 Å². The first-order chi connectivity index (χ1) is 10.6. The minimum Gasteiger partial charge on any atom is -0.350 e. The predicted molar refractivity (Wildman–Crippen MR) is 85.9 cm³/mol. The van der Waals surface area contributed by atoms with E-state index < -0.39 is 0 Å². The van der Waals surface area contributed by atoms with Gasteiger partial charge in [-0.15, -0.1) is 0 Å². The Labute approximate surface area is 129 Å². The van der Waals surface area contributed by atoms with Gasteiger partial charge in [0.2, 0.25) is 0 Å². The highest BCUT2D eigenvalue weighted by atomic mass is 16.2. The summed E-state index contributed by atoms with van der Waals surface area (Å²) in [4.78, 5) is 27.8. The molecule has 0 spiro atoms. The van der Waals surface area contributed by atoms with Gasteiger partial charge < -0.3 is 10.6 Å². The maximum Gasteiger partial charge on any atom is 0.255 e. The first-order valence-electron chi connectivity index (χ1n) is 7.22. The monoisotopic (exact) mass is 297 g/mol. The zero-order valence-corrected chi connectivity index (χ0v) is 12.7. The van der Waals surface area contributed by atoms with Gasteiger partial charge in [0.25, 0.3) is 11.8 Å². The van der Waals surface area contributed by atoms with Crippen molar-refractivity contribution in [3.63, 3.8) is 0 Å². The first kappa shape index (κ1) is 15.7. The van der Waals surface area contributed by atoms with Gasteiger partial charge >= 0.3 is 0 Å². The van der Waals surface area contributed by atoms with Crippen molar-refractivity contribution in [2.75, 3.05) is 5.32 Å². The molecule has 1 aromatic carbocycles. The molecule has 5 nitrogen and oxygen atoms in total. The van der Waals surface area contributed by atoms with Crippen LogP contribution in [0, 0.1) is 0 Å². The molecular formula is C17H19N3O2. The highest BCUT2D eigenvalue weighted by Gasteiger charge is 2.09. The number of aromatic nitrogens is 1. The van der Waals surface area contributed by atoms with Crippen LogP contribution in [0.25, 0.3) is 0 Å². The van der Waals surface area contributed by atoms with Gasteiger partial charge in [0.15, 0.2) is 0 Å².